The Labute approximate surface area is 231 Å². The number of thiophene rings is 1. The number of hydrogen-bond acceptors (Lipinski definition) is 8. The molecule has 198 valence electrons. The van der Waals surface area contributed by atoms with Crippen LogP contribution in [0.25, 0.3) is 20.2 Å². The maximum absolute atomic E-state index is 13.0. The van der Waals surface area contributed by atoms with Gasteiger partial charge in [-0.25, -0.2) is 13.1 Å². The van der Waals surface area contributed by atoms with Gasteiger partial charge in [-0.1, -0.05) is 12.1 Å². The molecule has 7 nitrogen and oxygen atoms in total. The number of fused-ring (bicyclic) bond motifs is 2. The predicted octanol–water partition coefficient (Wildman–Crippen LogP) is 5.43. The smallest absolute Gasteiger partial charge is 0.250 e. The first kappa shape index (κ1) is 25.7. The van der Waals surface area contributed by atoms with Gasteiger partial charge >= 0.3 is 0 Å². The Bertz CT molecular complexity index is 1570. The summed E-state index contributed by atoms with van der Waals surface area (Å²) in [4.78, 5) is 4.99. The number of nitrogens with zero attached hydrogens (tertiary/aromatic N) is 4. The second kappa shape index (κ2) is 10.9. The molecular formula is C28H31N5O2S3. The van der Waals surface area contributed by atoms with Crippen LogP contribution in [0.15, 0.2) is 52.7 Å². The fourth-order valence-electron chi connectivity index (χ4n) is 5.72. The van der Waals surface area contributed by atoms with E-state index in [2.05, 4.69) is 44.9 Å². The fourth-order valence-corrected chi connectivity index (χ4v) is 9.21. The molecule has 0 amide bonds. The summed E-state index contributed by atoms with van der Waals surface area (Å²) >= 11 is 2.85. The topological polar surface area (TPSA) is 89.3 Å². The zero-order chi connectivity index (χ0) is 26.1. The Morgan fingerprint density at radius 2 is 1.79 bits per heavy atom. The van der Waals surface area contributed by atoms with Gasteiger partial charge in [-0.05, 0) is 97.9 Å². The van der Waals surface area contributed by atoms with Gasteiger partial charge in [0.1, 0.15) is 10.0 Å². The molecule has 2 aliphatic rings. The van der Waals surface area contributed by atoms with E-state index in [0.29, 0.717) is 15.7 Å². The first-order valence-corrected chi connectivity index (χ1v) is 16.3. The Kier molecular flexibility index (Phi) is 7.38. The van der Waals surface area contributed by atoms with Gasteiger partial charge in [0.05, 0.1) is 16.3 Å². The zero-order valence-corrected chi connectivity index (χ0v) is 23.6. The Balaban J connectivity index is 0.958. The minimum absolute atomic E-state index is 0.00684. The Hall–Kier alpha value is -2.55. The van der Waals surface area contributed by atoms with Crippen molar-refractivity contribution in [3.05, 3.63) is 54.1 Å². The molecule has 0 unspecified atom stereocenters. The first-order chi connectivity index (χ1) is 18.5. The van der Waals surface area contributed by atoms with Crippen LogP contribution < -0.4 is 9.62 Å². The molecule has 2 fully saturated rings. The molecule has 6 rings (SSSR count). The third kappa shape index (κ3) is 5.44. The molecule has 2 aromatic heterocycles. The van der Waals surface area contributed by atoms with E-state index in [-0.39, 0.29) is 6.04 Å². The molecular weight excluding hydrogens is 535 g/mol. The summed E-state index contributed by atoms with van der Waals surface area (Å²) in [6.07, 6.45) is 5.08. The van der Waals surface area contributed by atoms with Gasteiger partial charge in [-0.2, -0.15) is 9.64 Å². The summed E-state index contributed by atoms with van der Waals surface area (Å²) in [6, 6.07) is 17.6. The van der Waals surface area contributed by atoms with Crippen LogP contribution in [0.3, 0.4) is 0 Å². The molecule has 1 N–H and O–H groups in total. The molecule has 1 aliphatic heterocycles. The minimum atomic E-state index is -3.56. The van der Waals surface area contributed by atoms with E-state index in [9.17, 15) is 8.42 Å². The highest BCUT2D eigenvalue weighted by Crippen LogP contribution is 2.33. The predicted molar refractivity (Wildman–Crippen MR) is 155 cm³/mol. The highest BCUT2D eigenvalue weighted by Gasteiger charge is 2.28. The van der Waals surface area contributed by atoms with E-state index in [1.54, 1.807) is 29.7 Å². The quantitative estimate of drug-likeness (QED) is 0.321. The third-order valence-corrected chi connectivity index (χ3v) is 11.9. The van der Waals surface area contributed by atoms with Crippen LogP contribution in [0.1, 0.15) is 37.7 Å². The highest BCUT2D eigenvalue weighted by molar-refractivity contribution is 7.91. The van der Waals surface area contributed by atoms with Crippen LogP contribution in [0.2, 0.25) is 0 Å². The first-order valence-electron chi connectivity index (χ1n) is 13.3. The van der Waals surface area contributed by atoms with Gasteiger partial charge in [-0.15, -0.1) is 11.3 Å². The SMILES string of the molecule is N#Cc1ccc2sc(S(=O)(=O)NC3CCC(CCN4CCN(c5nsc6ccccc56)CC4)CC3)cc2c1. The minimum Gasteiger partial charge on any atom is -0.353 e. The lowest BCUT2D eigenvalue weighted by Gasteiger charge is -2.36. The lowest BCUT2D eigenvalue weighted by Crippen LogP contribution is -2.47. The Morgan fingerprint density at radius 3 is 2.58 bits per heavy atom. The lowest BCUT2D eigenvalue weighted by atomic mass is 9.84. The van der Waals surface area contributed by atoms with Crippen molar-refractivity contribution in [2.45, 2.75) is 42.4 Å². The van der Waals surface area contributed by atoms with Gasteiger partial charge in [0, 0.05) is 42.3 Å². The highest BCUT2D eigenvalue weighted by atomic mass is 32.2. The molecule has 0 radical (unpaired) electrons. The van der Waals surface area contributed by atoms with Crippen molar-refractivity contribution in [3.8, 4) is 6.07 Å². The van der Waals surface area contributed by atoms with Gasteiger partial charge in [-0.3, -0.25) is 4.90 Å². The van der Waals surface area contributed by atoms with Crippen LogP contribution >= 0.6 is 22.9 Å². The molecule has 0 atom stereocenters. The van der Waals surface area contributed by atoms with Crippen molar-refractivity contribution >= 4 is 58.9 Å². The number of anilines is 1. The molecule has 2 aromatic carbocycles. The van der Waals surface area contributed by atoms with Gasteiger partial charge in [0.2, 0.25) is 10.0 Å². The Morgan fingerprint density at radius 1 is 1.00 bits per heavy atom. The average Bonchev–Trinajstić information content (AvgIpc) is 3.57. The summed E-state index contributed by atoms with van der Waals surface area (Å²) in [5, 5.41) is 11.2. The van der Waals surface area contributed by atoms with Crippen LogP contribution in [0.5, 0.6) is 0 Å². The number of piperazine rings is 1. The van der Waals surface area contributed by atoms with Gasteiger partial charge < -0.3 is 4.90 Å². The molecule has 1 aliphatic carbocycles. The normalized spacial score (nSPS) is 21.2. The van der Waals surface area contributed by atoms with E-state index < -0.39 is 10.0 Å². The van der Waals surface area contributed by atoms with Crippen LogP contribution in [-0.4, -0.2) is 56.5 Å². The lowest BCUT2D eigenvalue weighted by molar-refractivity contribution is 0.214. The number of aromatic nitrogens is 1. The number of nitrogens with one attached hydrogen (secondary N) is 1. The molecule has 0 spiro atoms. The van der Waals surface area contributed by atoms with E-state index in [0.717, 1.165) is 74.3 Å². The average molecular weight is 566 g/mol. The second-order valence-corrected chi connectivity index (χ2v) is 14.2. The second-order valence-electron chi connectivity index (χ2n) is 10.4. The third-order valence-electron chi connectivity index (χ3n) is 7.94. The number of rotatable bonds is 7. The van der Waals surface area contributed by atoms with Gasteiger partial charge in [0.25, 0.3) is 0 Å². The zero-order valence-electron chi connectivity index (χ0n) is 21.2. The molecule has 3 heterocycles. The summed E-state index contributed by atoms with van der Waals surface area (Å²) < 4.78 is 36.2. The van der Waals surface area contributed by atoms with Crippen molar-refractivity contribution < 1.29 is 8.42 Å². The number of benzene rings is 2. The fraction of sp³-hybridized carbons (Fsp3) is 0.429. The van der Waals surface area contributed by atoms with Crippen LogP contribution in [-0.2, 0) is 10.0 Å². The maximum atomic E-state index is 13.0. The maximum Gasteiger partial charge on any atom is 0.250 e. The molecule has 38 heavy (non-hydrogen) atoms. The summed E-state index contributed by atoms with van der Waals surface area (Å²) in [5.41, 5.74) is 0.542. The molecule has 1 saturated heterocycles. The van der Waals surface area contributed by atoms with Crippen molar-refractivity contribution in [1.29, 1.82) is 5.26 Å². The standard InChI is InChI=1S/C28H31N5O2S3/c29-19-21-7-10-25-22(17-21)18-27(36-25)38(34,35)31-23-8-5-20(6-9-23)11-12-32-13-15-33(16-14-32)28-24-3-1-2-4-26(24)37-30-28/h1-4,7,10,17-18,20,23,31H,5-6,8-9,11-16H2. The molecule has 0 bridgehead atoms. The van der Waals surface area contributed by atoms with Crippen molar-refractivity contribution in [1.82, 2.24) is 14.0 Å². The van der Waals surface area contributed by atoms with Crippen molar-refractivity contribution in [2.24, 2.45) is 5.92 Å². The van der Waals surface area contributed by atoms with Crippen LogP contribution in [0, 0.1) is 17.2 Å². The number of nitriles is 1. The van der Waals surface area contributed by atoms with E-state index in [1.165, 1.54) is 27.8 Å². The largest absolute Gasteiger partial charge is 0.353 e. The molecule has 4 aromatic rings. The summed E-state index contributed by atoms with van der Waals surface area (Å²) in [7, 11) is -3.56. The number of sulfonamides is 1. The molecule has 10 heteroatoms. The van der Waals surface area contributed by atoms with E-state index in [4.69, 9.17) is 9.64 Å². The number of hydrogen-bond donors (Lipinski definition) is 1. The summed E-state index contributed by atoms with van der Waals surface area (Å²) in [5.74, 6) is 1.79. The molecule has 1 saturated carbocycles. The van der Waals surface area contributed by atoms with Gasteiger partial charge in [0.15, 0.2) is 0 Å². The van der Waals surface area contributed by atoms with Crippen LogP contribution in [0.4, 0.5) is 5.82 Å². The monoisotopic (exact) mass is 565 g/mol. The van der Waals surface area contributed by atoms with Crippen molar-refractivity contribution in [2.75, 3.05) is 37.6 Å². The van der Waals surface area contributed by atoms with E-state index in [1.807, 2.05) is 6.07 Å². The summed E-state index contributed by atoms with van der Waals surface area (Å²) in [6.45, 7) is 5.26. The van der Waals surface area contributed by atoms with E-state index >= 15 is 0 Å². The van der Waals surface area contributed by atoms with Crippen molar-refractivity contribution in [3.63, 3.8) is 0 Å².